The number of methoxy groups -OCH3 is 2. The fourth-order valence-corrected chi connectivity index (χ4v) is 3.22. The number of carbonyl (C=O) groups is 3. The van der Waals surface area contributed by atoms with Gasteiger partial charge in [-0.2, -0.15) is 0 Å². The molecule has 1 fully saturated rings. The maximum absolute atomic E-state index is 12.5. The van der Waals surface area contributed by atoms with Crippen molar-refractivity contribution in [3.63, 3.8) is 0 Å². The van der Waals surface area contributed by atoms with Crippen LogP contribution < -0.4 is 14.8 Å². The number of rotatable bonds is 6. The minimum atomic E-state index is -0.702. The molecule has 1 aromatic carbocycles. The minimum Gasteiger partial charge on any atom is -0.493 e. The molecule has 1 aromatic rings. The van der Waals surface area contributed by atoms with Crippen molar-refractivity contribution in [1.29, 1.82) is 0 Å². The van der Waals surface area contributed by atoms with Crippen molar-refractivity contribution in [2.24, 2.45) is 5.92 Å². The molecule has 0 bridgehead atoms. The van der Waals surface area contributed by atoms with E-state index in [2.05, 4.69) is 5.32 Å². The molecule has 2 atom stereocenters. The molecule has 1 aliphatic rings. The van der Waals surface area contributed by atoms with Crippen LogP contribution in [-0.4, -0.2) is 56.6 Å². The van der Waals surface area contributed by atoms with E-state index in [-0.39, 0.29) is 18.4 Å². The van der Waals surface area contributed by atoms with Gasteiger partial charge in [-0.15, -0.1) is 0 Å². The Hall–Kier alpha value is -2.77. The summed E-state index contributed by atoms with van der Waals surface area (Å²) in [4.78, 5) is 38.3. The van der Waals surface area contributed by atoms with Gasteiger partial charge in [0.2, 0.25) is 0 Å². The number of nitrogens with zero attached hydrogens (tertiary/aromatic N) is 1. The van der Waals surface area contributed by atoms with Crippen molar-refractivity contribution in [3.05, 3.63) is 23.8 Å². The monoisotopic (exact) mass is 392 g/mol. The largest absolute Gasteiger partial charge is 0.493 e. The quantitative estimate of drug-likeness (QED) is 0.585. The van der Waals surface area contributed by atoms with Gasteiger partial charge in [0.25, 0.3) is 0 Å². The fourth-order valence-electron chi connectivity index (χ4n) is 3.22. The van der Waals surface area contributed by atoms with Crippen molar-refractivity contribution in [2.45, 2.75) is 32.7 Å². The van der Waals surface area contributed by atoms with Crippen LogP contribution in [0.3, 0.4) is 0 Å². The predicted molar refractivity (Wildman–Crippen MR) is 102 cm³/mol. The number of piperidine rings is 1. The van der Waals surface area contributed by atoms with E-state index < -0.39 is 17.9 Å². The third kappa shape index (κ3) is 5.15. The lowest BCUT2D eigenvalue weighted by Crippen LogP contribution is -2.49. The topological polar surface area (TPSA) is 94.2 Å². The Bertz CT molecular complexity index is 721. The molecule has 2 amide bonds. The number of esters is 1. The molecule has 0 aromatic heterocycles. The highest BCUT2D eigenvalue weighted by Crippen LogP contribution is 2.29. The molecule has 1 N–H and O–H groups in total. The molecule has 8 heteroatoms. The average Bonchev–Trinajstić information content (AvgIpc) is 2.72. The Kier molecular flexibility index (Phi) is 7.66. The molecule has 0 spiro atoms. The van der Waals surface area contributed by atoms with Crippen LogP contribution in [0.5, 0.6) is 11.5 Å². The molecule has 1 heterocycles. The second-order valence-corrected chi connectivity index (χ2v) is 6.65. The molecular formula is C20H28N2O6. The fraction of sp³-hybridized carbons (Fsp3) is 0.550. The number of hydrogen-bond donors (Lipinski definition) is 1. The van der Waals surface area contributed by atoms with Crippen molar-refractivity contribution in [1.82, 2.24) is 10.2 Å². The molecule has 2 rings (SSSR count). The normalized spacial score (nSPS) is 17.4. The molecule has 154 valence electrons. The van der Waals surface area contributed by atoms with Crippen LogP contribution in [0.25, 0.3) is 0 Å². The van der Waals surface area contributed by atoms with Gasteiger partial charge in [-0.1, -0.05) is 6.07 Å². The van der Waals surface area contributed by atoms with Gasteiger partial charge in [-0.25, -0.2) is 0 Å². The average molecular weight is 392 g/mol. The van der Waals surface area contributed by atoms with Crippen LogP contribution in [0.1, 0.15) is 38.3 Å². The molecule has 1 saturated heterocycles. The Labute approximate surface area is 165 Å². The zero-order valence-corrected chi connectivity index (χ0v) is 16.8. The molecule has 28 heavy (non-hydrogen) atoms. The highest BCUT2D eigenvalue weighted by molar-refractivity contribution is 6.35. The smallest absolute Gasteiger partial charge is 0.311 e. The number of nitrogens with one attached hydrogen (secondary N) is 1. The molecular weight excluding hydrogens is 364 g/mol. The number of ether oxygens (including phenoxy) is 3. The van der Waals surface area contributed by atoms with Crippen molar-refractivity contribution in [3.8, 4) is 11.5 Å². The number of benzene rings is 1. The summed E-state index contributed by atoms with van der Waals surface area (Å²) in [7, 11) is 3.08. The Morgan fingerprint density at radius 1 is 1.21 bits per heavy atom. The molecule has 0 radical (unpaired) electrons. The van der Waals surface area contributed by atoms with Crippen LogP contribution in [0.4, 0.5) is 0 Å². The molecule has 2 unspecified atom stereocenters. The van der Waals surface area contributed by atoms with E-state index in [9.17, 15) is 14.4 Å². The van der Waals surface area contributed by atoms with Crippen LogP contribution in [0, 0.1) is 5.92 Å². The number of amides is 2. The second kappa shape index (κ2) is 9.96. The molecule has 1 aliphatic heterocycles. The summed E-state index contributed by atoms with van der Waals surface area (Å²) in [6.45, 7) is 4.48. The summed E-state index contributed by atoms with van der Waals surface area (Å²) < 4.78 is 15.5. The SMILES string of the molecule is CCOC(=O)C1CCCN(C(=O)C(=O)NC(C)c2ccc(OC)c(OC)c2)C1. The Morgan fingerprint density at radius 2 is 1.93 bits per heavy atom. The summed E-state index contributed by atoms with van der Waals surface area (Å²) >= 11 is 0. The van der Waals surface area contributed by atoms with E-state index in [4.69, 9.17) is 14.2 Å². The van der Waals surface area contributed by atoms with Crippen molar-refractivity contribution >= 4 is 17.8 Å². The van der Waals surface area contributed by atoms with Crippen LogP contribution in [-0.2, 0) is 19.1 Å². The van der Waals surface area contributed by atoms with E-state index in [1.807, 2.05) is 0 Å². The first kappa shape index (κ1) is 21.5. The lowest BCUT2D eigenvalue weighted by Gasteiger charge is -2.31. The van der Waals surface area contributed by atoms with Gasteiger partial charge in [0.15, 0.2) is 11.5 Å². The summed E-state index contributed by atoms with van der Waals surface area (Å²) in [6, 6.07) is 4.90. The van der Waals surface area contributed by atoms with Crippen LogP contribution in [0.2, 0.25) is 0 Å². The zero-order valence-electron chi connectivity index (χ0n) is 16.8. The molecule has 0 saturated carbocycles. The summed E-state index contributed by atoms with van der Waals surface area (Å²) in [5.74, 6) is -0.916. The van der Waals surface area contributed by atoms with Gasteiger partial charge in [-0.05, 0) is 44.4 Å². The Morgan fingerprint density at radius 3 is 2.57 bits per heavy atom. The number of hydrogen-bond acceptors (Lipinski definition) is 6. The van der Waals surface area contributed by atoms with E-state index in [0.29, 0.717) is 37.5 Å². The van der Waals surface area contributed by atoms with E-state index in [1.54, 1.807) is 39.2 Å². The standard InChI is InChI=1S/C20H28N2O6/c1-5-28-20(25)15-7-6-10-22(12-15)19(24)18(23)21-13(2)14-8-9-16(26-3)17(11-14)27-4/h8-9,11,13,15H,5-7,10,12H2,1-4H3,(H,21,23). The number of likely N-dealkylation sites (tertiary alicyclic amines) is 1. The number of carbonyl (C=O) groups excluding carboxylic acids is 3. The first-order chi connectivity index (χ1) is 13.4. The molecule has 0 aliphatic carbocycles. The van der Waals surface area contributed by atoms with E-state index in [1.165, 1.54) is 12.0 Å². The van der Waals surface area contributed by atoms with E-state index >= 15 is 0 Å². The van der Waals surface area contributed by atoms with Crippen molar-refractivity contribution < 1.29 is 28.6 Å². The lowest BCUT2D eigenvalue weighted by molar-refractivity contribution is -0.154. The molecule has 8 nitrogen and oxygen atoms in total. The van der Waals surface area contributed by atoms with Crippen molar-refractivity contribution in [2.75, 3.05) is 33.9 Å². The van der Waals surface area contributed by atoms with Gasteiger partial charge in [-0.3, -0.25) is 14.4 Å². The predicted octanol–water partition coefficient (Wildman–Crippen LogP) is 1.68. The zero-order chi connectivity index (χ0) is 20.7. The van der Waals surface area contributed by atoms with Crippen LogP contribution >= 0.6 is 0 Å². The minimum absolute atomic E-state index is 0.204. The maximum atomic E-state index is 12.5. The second-order valence-electron chi connectivity index (χ2n) is 6.65. The van der Waals surface area contributed by atoms with Gasteiger partial charge in [0.1, 0.15) is 0 Å². The summed E-state index contributed by atoms with van der Waals surface area (Å²) in [6.07, 6.45) is 1.32. The third-order valence-corrected chi connectivity index (χ3v) is 4.78. The first-order valence-corrected chi connectivity index (χ1v) is 9.39. The summed E-state index contributed by atoms with van der Waals surface area (Å²) in [5.41, 5.74) is 0.779. The van der Waals surface area contributed by atoms with Crippen LogP contribution in [0.15, 0.2) is 18.2 Å². The van der Waals surface area contributed by atoms with Gasteiger partial charge in [0.05, 0.1) is 32.8 Å². The van der Waals surface area contributed by atoms with Gasteiger partial charge in [0, 0.05) is 13.1 Å². The van der Waals surface area contributed by atoms with Gasteiger partial charge >= 0.3 is 17.8 Å². The van der Waals surface area contributed by atoms with Gasteiger partial charge < -0.3 is 24.4 Å². The third-order valence-electron chi connectivity index (χ3n) is 4.78. The maximum Gasteiger partial charge on any atom is 0.311 e. The Balaban J connectivity index is 1.99. The highest BCUT2D eigenvalue weighted by Gasteiger charge is 2.32. The lowest BCUT2D eigenvalue weighted by atomic mass is 9.98. The highest BCUT2D eigenvalue weighted by atomic mass is 16.5. The first-order valence-electron chi connectivity index (χ1n) is 9.39. The summed E-state index contributed by atoms with van der Waals surface area (Å²) in [5, 5.41) is 2.71. The van der Waals surface area contributed by atoms with E-state index in [0.717, 1.165) is 5.56 Å².